The van der Waals surface area contributed by atoms with Crippen molar-refractivity contribution in [2.24, 2.45) is 0 Å². The third-order valence-electron chi connectivity index (χ3n) is 1.56. The summed E-state index contributed by atoms with van der Waals surface area (Å²) in [5.74, 6) is 0. The highest BCUT2D eigenvalue weighted by atomic mass is 35.5. The molecule has 67 valence electrons. The minimum Gasteiger partial charge on any atom is -0.147 e. The van der Waals surface area contributed by atoms with Crippen molar-refractivity contribution in [1.82, 2.24) is 0 Å². The van der Waals surface area contributed by atoms with Crippen LogP contribution in [0.1, 0.15) is 19.8 Å². The van der Waals surface area contributed by atoms with Crippen molar-refractivity contribution in [1.29, 1.82) is 0 Å². The molecule has 0 aliphatic heterocycles. The molecule has 0 aromatic heterocycles. The van der Waals surface area contributed by atoms with Crippen molar-refractivity contribution < 1.29 is 0 Å². The molecule has 0 fully saturated rings. The van der Waals surface area contributed by atoms with E-state index in [4.69, 9.17) is 0 Å². The molecule has 0 unspecified atom stereocenters. The van der Waals surface area contributed by atoms with Crippen LogP contribution in [0.4, 0.5) is 0 Å². The van der Waals surface area contributed by atoms with Crippen LogP contribution in [0.15, 0.2) is 30.3 Å². The van der Waals surface area contributed by atoms with Crippen LogP contribution in [0.3, 0.4) is 0 Å². The maximum atomic E-state index is 2.24. The molecule has 0 heterocycles. The highest BCUT2D eigenvalue weighted by molar-refractivity contribution is 7.47. The second-order valence-electron chi connectivity index (χ2n) is 2.57. The zero-order chi connectivity index (χ0) is 7.94. The Morgan fingerprint density at radius 2 is 1.83 bits per heavy atom. The predicted molar refractivity (Wildman–Crippen MR) is 60.0 cm³/mol. The van der Waals surface area contributed by atoms with Crippen LogP contribution >= 0.6 is 21.0 Å². The lowest BCUT2D eigenvalue weighted by atomic mass is 10.4. The lowest BCUT2D eigenvalue weighted by Gasteiger charge is -1.97. The van der Waals surface area contributed by atoms with Gasteiger partial charge in [0.05, 0.1) is 0 Å². The molecule has 0 aliphatic rings. The van der Waals surface area contributed by atoms with Crippen LogP contribution in [0, 0.1) is 0 Å². The first kappa shape index (κ1) is 11.9. The summed E-state index contributed by atoms with van der Waals surface area (Å²) in [6, 6.07) is 10.7. The Labute approximate surface area is 83.0 Å². The highest BCUT2D eigenvalue weighted by Crippen LogP contribution is 2.11. The Kier molecular flexibility index (Phi) is 7.54. The van der Waals surface area contributed by atoms with E-state index in [1.807, 2.05) is 0 Å². The van der Waals surface area contributed by atoms with Gasteiger partial charge < -0.3 is 0 Å². The molecule has 12 heavy (non-hydrogen) atoms. The first-order chi connectivity index (χ1) is 5.43. The van der Waals surface area contributed by atoms with E-state index in [1.165, 1.54) is 32.9 Å². The molecule has 0 atom stereocenters. The third-order valence-corrected chi connectivity index (χ3v) is 2.77. The Hall–Kier alpha value is -0.0600. The third kappa shape index (κ3) is 4.74. The van der Waals surface area contributed by atoms with Crippen LogP contribution in [-0.4, -0.2) is 6.16 Å². The second-order valence-corrected chi connectivity index (χ2v) is 3.85. The maximum absolute atomic E-state index is 2.24. The number of hydrogen-bond donors (Lipinski definition) is 0. The first-order valence-electron chi connectivity index (χ1n) is 4.16. The molecule has 0 N–H and O–H groups in total. The van der Waals surface area contributed by atoms with Gasteiger partial charge in [0.25, 0.3) is 0 Å². The number of halogens is 1. The normalized spacial score (nSPS) is 10.1. The van der Waals surface area contributed by atoms with Gasteiger partial charge in [-0.3, -0.25) is 0 Å². The van der Waals surface area contributed by atoms with Gasteiger partial charge in [0, 0.05) is 0 Å². The molecule has 2 heteroatoms. The monoisotopic (exact) mass is 201 g/mol. The smallest absolute Gasteiger partial charge is 0.0193 e. The maximum Gasteiger partial charge on any atom is -0.0193 e. The van der Waals surface area contributed by atoms with Crippen molar-refractivity contribution in [3.05, 3.63) is 30.3 Å². The predicted octanol–water partition coefficient (Wildman–Crippen LogP) is 3.48. The quantitative estimate of drug-likeness (QED) is 0.517. The Morgan fingerprint density at radius 1 is 1.17 bits per heavy atom. The van der Waals surface area contributed by atoms with E-state index in [1.54, 1.807) is 0 Å². The summed E-state index contributed by atoms with van der Waals surface area (Å²) in [5, 5.41) is 1.45. The van der Waals surface area contributed by atoms with Crippen LogP contribution < -0.4 is 5.30 Å². The fraction of sp³-hybridized carbons (Fsp3) is 0.400. The van der Waals surface area contributed by atoms with Gasteiger partial charge in [0.1, 0.15) is 0 Å². The van der Waals surface area contributed by atoms with E-state index >= 15 is 0 Å². The number of hydrogen-bond acceptors (Lipinski definition) is 0. The van der Waals surface area contributed by atoms with E-state index in [0.29, 0.717) is 0 Å². The van der Waals surface area contributed by atoms with Gasteiger partial charge >= 0.3 is 0 Å². The van der Waals surface area contributed by atoms with Crippen molar-refractivity contribution >= 4 is 26.3 Å². The zero-order valence-electron chi connectivity index (χ0n) is 7.36. The summed E-state index contributed by atoms with van der Waals surface area (Å²) in [6.45, 7) is 2.24. The van der Waals surface area contributed by atoms with E-state index in [2.05, 4.69) is 37.3 Å². The molecule has 0 amide bonds. The van der Waals surface area contributed by atoms with Crippen LogP contribution in [-0.2, 0) is 0 Å². The molecule has 0 nitrogen and oxygen atoms in total. The van der Waals surface area contributed by atoms with Gasteiger partial charge in [-0.25, -0.2) is 0 Å². The van der Waals surface area contributed by atoms with Crippen molar-refractivity contribution in [2.75, 3.05) is 6.16 Å². The minimum atomic E-state index is 0. The molecule has 1 rings (SSSR count). The van der Waals surface area contributed by atoms with Crippen LogP contribution in [0.2, 0.25) is 0 Å². The van der Waals surface area contributed by atoms with E-state index in [9.17, 15) is 0 Å². The average Bonchev–Trinajstić information content (AvgIpc) is 2.07. The topological polar surface area (TPSA) is 0 Å². The molecule has 0 spiro atoms. The highest BCUT2D eigenvalue weighted by Gasteiger charge is 1.90. The van der Waals surface area contributed by atoms with Crippen LogP contribution in [0.5, 0.6) is 0 Å². The van der Waals surface area contributed by atoms with Gasteiger partial charge in [-0.2, -0.15) is 0 Å². The van der Waals surface area contributed by atoms with E-state index in [-0.39, 0.29) is 12.4 Å². The molecule has 1 aromatic carbocycles. The van der Waals surface area contributed by atoms with Crippen LogP contribution in [0.25, 0.3) is 0 Å². The van der Waals surface area contributed by atoms with Gasteiger partial charge in [-0.1, -0.05) is 43.7 Å². The SMILES string of the molecule is CCCC[P]c1ccccc1.Cl. The Balaban J connectivity index is 0.00000121. The largest absolute Gasteiger partial charge is 0.147 e. The molecule has 1 aromatic rings. The van der Waals surface area contributed by atoms with Gasteiger partial charge in [0.2, 0.25) is 0 Å². The second kappa shape index (κ2) is 7.58. The molecule has 0 saturated heterocycles. The molecule has 0 bridgehead atoms. The number of unbranched alkanes of at least 4 members (excludes halogenated alkanes) is 1. The summed E-state index contributed by atoms with van der Waals surface area (Å²) >= 11 is 0. The summed E-state index contributed by atoms with van der Waals surface area (Å²) < 4.78 is 0. The number of rotatable bonds is 4. The molecule has 0 aliphatic carbocycles. The fourth-order valence-corrected chi connectivity index (χ4v) is 2.02. The lowest BCUT2D eigenvalue weighted by molar-refractivity contribution is 0.895. The molecule has 0 saturated carbocycles. The van der Waals surface area contributed by atoms with E-state index < -0.39 is 0 Å². The summed E-state index contributed by atoms with van der Waals surface area (Å²) in [7, 11) is 1.48. The Bertz CT molecular complexity index is 186. The minimum absolute atomic E-state index is 0. The number of benzene rings is 1. The zero-order valence-corrected chi connectivity index (χ0v) is 9.07. The Morgan fingerprint density at radius 3 is 2.42 bits per heavy atom. The summed E-state index contributed by atoms with van der Waals surface area (Å²) in [6.07, 6.45) is 3.96. The van der Waals surface area contributed by atoms with Gasteiger partial charge in [0.15, 0.2) is 0 Å². The molecular formula is C10H15ClP. The average molecular weight is 202 g/mol. The van der Waals surface area contributed by atoms with Crippen molar-refractivity contribution in [2.45, 2.75) is 19.8 Å². The van der Waals surface area contributed by atoms with Gasteiger partial charge in [-0.05, 0) is 26.5 Å². The standard InChI is InChI=1S/C10H14P.ClH/c1-2-3-9-11-10-7-5-4-6-8-10;/h4-8H,2-3,9H2,1H3;1H. The summed E-state index contributed by atoms with van der Waals surface area (Å²) in [5.41, 5.74) is 0. The van der Waals surface area contributed by atoms with Crippen molar-refractivity contribution in [3.8, 4) is 0 Å². The fourth-order valence-electron chi connectivity index (χ4n) is 0.900. The summed E-state index contributed by atoms with van der Waals surface area (Å²) in [4.78, 5) is 0. The van der Waals surface area contributed by atoms with E-state index in [0.717, 1.165) is 0 Å². The van der Waals surface area contributed by atoms with Crippen molar-refractivity contribution in [3.63, 3.8) is 0 Å². The van der Waals surface area contributed by atoms with Gasteiger partial charge in [-0.15, -0.1) is 12.4 Å². The molecular weight excluding hydrogens is 187 g/mol. The first-order valence-corrected chi connectivity index (χ1v) is 5.24. The lowest BCUT2D eigenvalue weighted by Crippen LogP contribution is -1.92. The molecule has 1 radical (unpaired) electrons.